The molecule has 1 aliphatic heterocycles. The molecule has 2 heterocycles. The first-order valence-electron chi connectivity index (χ1n) is 7.18. The molecule has 10 heteroatoms. The molecule has 1 aliphatic rings. The summed E-state index contributed by atoms with van der Waals surface area (Å²) in [6, 6.07) is 0. The second kappa shape index (κ2) is 6.28. The number of carbonyl (C=O) groups excluding carboxylic acids is 2. The van der Waals surface area contributed by atoms with Gasteiger partial charge < -0.3 is 10.6 Å². The number of primary amides is 1. The molecule has 0 saturated carbocycles. The molecule has 0 radical (unpaired) electrons. The van der Waals surface area contributed by atoms with Gasteiger partial charge in [0.15, 0.2) is 0 Å². The summed E-state index contributed by atoms with van der Waals surface area (Å²) in [5, 5.41) is 4.05. The van der Waals surface area contributed by atoms with Crippen molar-refractivity contribution in [1.82, 2.24) is 19.0 Å². The monoisotopic (exact) mass is 343 g/mol. The van der Waals surface area contributed by atoms with Gasteiger partial charge in [0.2, 0.25) is 21.8 Å². The van der Waals surface area contributed by atoms with Crippen molar-refractivity contribution in [3.63, 3.8) is 0 Å². The second-order valence-corrected chi connectivity index (χ2v) is 7.59. The molecule has 0 aliphatic carbocycles. The Morgan fingerprint density at radius 3 is 2.43 bits per heavy atom. The first-order chi connectivity index (χ1) is 10.6. The highest BCUT2D eigenvalue weighted by Crippen LogP contribution is 2.22. The lowest BCUT2D eigenvalue weighted by Crippen LogP contribution is -2.40. The predicted octanol–water partition coefficient (Wildman–Crippen LogP) is -1.32. The highest BCUT2D eigenvalue weighted by molar-refractivity contribution is 7.89. The quantitative estimate of drug-likeness (QED) is 0.730. The van der Waals surface area contributed by atoms with Crippen LogP contribution in [0.2, 0.25) is 0 Å². The Balaban J connectivity index is 2.36. The lowest BCUT2D eigenvalue weighted by Gasteiger charge is -2.21. The van der Waals surface area contributed by atoms with E-state index in [-0.39, 0.29) is 37.0 Å². The molecule has 0 bridgehead atoms. The SMILES string of the molecule is CC(=O)N1CCN(S(=O)(=O)c2cn(C)nc2C)C[C@@H](C(N)=O)C1. The fourth-order valence-electron chi connectivity index (χ4n) is 2.64. The zero-order valence-corrected chi connectivity index (χ0v) is 14.2. The van der Waals surface area contributed by atoms with Crippen LogP contribution in [0, 0.1) is 12.8 Å². The van der Waals surface area contributed by atoms with E-state index in [0.29, 0.717) is 5.69 Å². The van der Waals surface area contributed by atoms with E-state index < -0.39 is 21.8 Å². The maximum atomic E-state index is 12.8. The summed E-state index contributed by atoms with van der Waals surface area (Å²) >= 11 is 0. The van der Waals surface area contributed by atoms with Crippen LogP contribution in [-0.4, -0.2) is 65.4 Å². The van der Waals surface area contributed by atoms with Crippen LogP contribution in [0.25, 0.3) is 0 Å². The van der Waals surface area contributed by atoms with Crippen LogP contribution in [0.4, 0.5) is 0 Å². The fourth-order valence-corrected chi connectivity index (χ4v) is 4.32. The average molecular weight is 343 g/mol. The lowest BCUT2D eigenvalue weighted by molar-refractivity contribution is -0.130. The Hall–Kier alpha value is -1.94. The third-order valence-electron chi connectivity index (χ3n) is 3.92. The van der Waals surface area contributed by atoms with Crippen molar-refractivity contribution in [1.29, 1.82) is 0 Å². The fraction of sp³-hybridized carbons (Fsp3) is 0.615. The van der Waals surface area contributed by atoms with Gasteiger partial charge in [-0.05, 0) is 6.92 Å². The van der Waals surface area contributed by atoms with E-state index in [4.69, 9.17) is 5.73 Å². The van der Waals surface area contributed by atoms with Crippen LogP contribution in [0.3, 0.4) is 0 Å². The zero-order chi connectivity index (χ0) is 17.4. The lowest BCUT2D eigenvalue weighted by atomic mass is 10.1. The number of nitrogens with two attached hydrogens (primary N) is 1. The van der Waals surface area contributed by atoms with E-state index in [1.807, 2.05) is 0 Å². The summed E-state index contributed by atoms with van der Waals surface area (Å²) in [5.41, 5.74) is 5.75. The highest BCUT2D eigenvalue weighted by Gasteiger charge is 2.35. The van der Waals surface area contributed by atoms with Crippen molar-refractivity contribution in [2.24, 2.45) is 18.7 Å². The van der Waals surface area contributed by atoms with Gasteiger partial charge in [-0.3, -0.25) is 14.3 Å². The third-order valence-corrected chi connectivity index (χ3v) is 5.89. The van der Waals surface area contributed by atoms with Crippen LogP contribution in [-0.2, 0) is 26.7 Å². The van der Waals surface area contributed by atoms with E-state index in [1.54, 1.807) is 14.0 Å². The van der Waals surface area contributed by atoms with Gasteiger partial charge >= 0.3 is 0 Å². The van der Waals surface area contributed by atoms with Gasteiger partial charge in [0.25, 0.3) is 0 Å². The van der Waals surface area contributed by atoms with E-state index in [9.17, 15) is 18.0 Å². The van der Waals surface area contributed by atoms with Crippen molar-refractivity contribution in [2.75, 3.05) is 26.2 Å². The molecule has 2 N–H and O–H groups in total. The zero-order valence-electron chi connectivity index (χ0n) is 13.4. The molecular formula is C13H21N5O4S. The number of nitrogens with zero attached hydrogens (tertiary/aromatic N) is 4. The summed E-state index contributed by atoms with van der Waals surface area (Å²) in [6.45, 7) is 3.40. The van der Waals surface area contributed by atoms with Crippen LogP contribution in [0.1, 0.15) is 12.6 Å². The summed E-state index contributed by atoms with van der Waals surface area (Å²) in [7, 11) is -2.17. The molecule has 1 aromatic rings. The molecule has 0 spiro atoms. The molecular weight excluding hydrogens is 322 g/mol. The van der Waals surface area contributed by atoms with Crippen molar-refractivity contribution in [3.8, 4) is 0 Å². The Morgan fingerprint density at radius 2 is 1.96 bits per heavy atom. The molecule has 23 heavy (non-hydrogen) atoms. The largest absolute Gasteiger partial charge is 0.369 e. The van der Waals surface area contributed by atoms with Crippen molar-refractivity contribution in [2.45, 2.75) is 18.7 Å². The van der Waals surface area contributed by atoms with Crippen LogP contribution in [0.15, 0.2) is 11.1 Å². The molecule has 1 fully saturated rings. The van der Waals surface area contributed by atoms with Crippen LogP contribution in [0.5, 0.6) is 0 Å². The van der Waals surface area contributed by atoms with Gasteiger partial charge in [-0.2, -0.15) is 9.40 Å². The highest BCUT2D eigenvalue weighted by atomic mass is 32.2. The third kappa shape index (κ3) is 3.53. The number of carbonyl (C=O) groups is 2. The molecule has 1 aromatic heterocycles. The molecule has 0 aromatic carbocycles. The Kier molecular flexibility index (Phi) is 4.76. The first kappa shape index (κ1) is 17.4. The van der Waals surface area contributed by atoms with Gasteiger partial charge in [0.1, 0.15) is 4.90 Å². The standard InChI is InChI=1S/C13H21N5O4S/c1-9-12(8-16(3)15-9)23(21,22)18-5-4-17(10(2)19)6-11(7-18)13(14)20/h8,11H,4-7H2,1-3H3,(H2,14,20)/t11-/m0/s1. The molecule has 128 valence electrons. The summed E-state index contributed by atoms with van der Waals surface area (Å²) in [5.74, 6) is -1.58. The second-order valence-electron chi connectivity index (χ2n) is 5.68. The van der Waals surface area contributed by atoms with Crippen LogP contribution < -0.4 is 5.73 Å². The summed E-state index contributed by atoms with van der Waals surface area (Å²) in [4.78, 5) is 24.7. The Labute approximate surface area is 135 Å². The van der Waals surface area contributed by atoms with Crippen LogP contribution >= 0.6 is 0 Å². The minimum atomic E-state index is -3.81. The number of hydrogen-bond acceptors (Lipinski definition) is 5. The number of aromatic nitrogens is 2. The molecule has 1 atom stereocenters. The number of hydrogen-bond donors (Lipinski definition) is 1. The smallest absolute Gasteiger partial charge is 0.246 e. The molecule has 2 amide bonds. The van der Waals surface area contributed by atoms with E-state index in [2.05, 4.69) is 5.10 Å². The topological polar surface area (TPSA) is 119 Å². The molecule has 1 saturated heterocycles. The Morgan fingerprint density at radius 1 is 1.30 bits per heavy atom. The van der Waals surface area contributed by atoms with Gasteiger partial charge in [-0.25, -0.2) is 8.42 Å². The average Bonchev–Trinajstić information content (AvgIpc) is 2.67. The van der Waals surface area contributed by atoms with Crippen molar-refractivity contribution in [3.05, 3.63) is 11.9 Å². The predicted molar refractivity (Wildman–Crippen MR) is 81.6 cm³/mol. The normalized spacial score (nSPS) is 20.3. The van der Waals surface area contributed by atoms with Gasteiger partial charge in [-0.1, -0.05) is 0 Å². The number of amides is 2. The van der Waals surface area contributed by atoms with Gasteiger partial charge in [0.05, 0.1) is 11.6 Å². The first-order valence-corrected chi connectivity index (χ1v) is 8.62. The molecule has 9 nitrogen and oxygen atoms in total. The van der Waals surface area contributed by atoms with Crippen molar-refractivity contribution < 1.29 is 18.0 Å². The Bertz CT molecular complexity index is 727. The van der Waals surface area contributed by atoms with Crippen molar-refractivity contribution >= 4 is 21.8 Å². The maximum Gasteiger partial charge on any atom is 0.246 e. The minimum absolute atomic E-state index is 0.0459. The molecule has 0 unspecified atom stereocenters. The minimum Gasteiger partial charge on any atom is -0.369 e. The van der Waals surface area contributed by atoms with Gasteiger partial charge in [0, 0.05) is 46.3 Å². The number of sulfonamides is 1. The molecule has 2 rings (SSSR count). The number of aryl methyl sites for hydroxylation is 2. The van der Waals surface area contributed by atoms with Gasteiger partial charge in [-0.15, -0.1) is 0 Å². The van der Waals surface area contributed by atoms with E-state index in [0.717, 1.165) is 0 Å². The van der Waals surface area contributed by atoms with E-state index in [1.165, 1.54) is 27.0 Å². The summed E-state index contributed by atoms with van der Waals surface area (Å²) in [6.07, 6.45) is 1.43. The number of rotatable bonds is 3. The summed E-state index contributed by atoms with van der Waals surface area (Å²) < 4.78 is 28.3. The maximum absolute atomic E-state index is 12.8. The van der Waals surface area contributed by atoms with E-state index >= 15 is 0 Å².